The van der Waals surface area contributed by atoms with Crippen molar-refractivity contribution >= 4 is 39.6 Å². The van der Waals surface area contributed by atoms with Crippen molar-refractivity contribution in [3.8, 4) is 11.1 Å². The molecule has 3 N–H and O–H groups in total. The zero-order valence-electron chi connectivity index (χ0n) is 18.7. The highest BCUT2D eigenvalue weighted by atomic mass is 79.9. The van der Waals surface area contributed by atoms with E-state index in [1.165, 1.54) is 12.1 Å². The summed E-state index contributed by atoms with van der Waals surface area (Å²) in [6.45, 7) is 3.67. The Morgan fingerprint density at radius 2 is 1.66 bits per heavy atom. The number of amides is 2. The molecule has 35 heavy (non-hydrogen) atoms. The van der Waals surface area contributed by atoms with Crippen molar-refractivity contribution in [1.82, 2.24) is 5.32 Å². The number of nitrogens with one attached hydrogen (secondary N) is 2. The highest BCUT2D eigenvalue weighted by molar-refractivity contribution is 9.10. The summed E-state index contributed by atoms with van der Waals surface area (Å²) in [5, 5.41) is 14.4. The summed E-state index contributed by atoms with van der Waals surface area (Å²) in [5.74, 6) is -1.83. The van der Waals surface area contributed by atoms with E-state index in [0.29, 0.717) is 10.2 Å². The summed E-state index contributed by atoms with van der Waals surface area (Å²) in [4.78, 5) is 36.6. The first kappa shape index (κ1) is 24.2. The summed E-state index contributed by atoms with van der Waals surface area (Å²) in [6.07, 6.45) is 0.843. The number of hydrogen-bond acceptors (Lipinski definition) is 4. The molecule has 0 saturated heterocycles. The molecule has 1 aliphatic carbocycles. The van der Waals surface area contributed by atoms with Crippen molar-refractivity contribution in [3.63, 3.8) is 0 Å². The molecule has 1 unspecified atom stereocenters. The molecule has 4 rings (SSSR count). The van der Waals surface area contributed by atoms with Gasteiger partial charge in [0.1, 0.15) is 12.6 Å². The van der Waals surface area contributed by atoms with Gasteiger partial charge in [-0.05, 0) is 62.8 Å². The number of ether oxygens (including phenoxy) is 1. The smallest absolute Gasteiger partial charge is 0.411 e. The number of benzene rings is 3. The fraction of sp³-hybridized carbons (Fsp3) is 0.148. The Kier molecular flexibility index (Phi) is 7.31. The van der Waals surface area contributed by atoms with E-state index < -0.39 is 24.0 Å². The van der Waals surface area contributed by atoms with Gasteiger partial charge in [0.05, 0.1) is 5.56 Å². The molecule has 2 amide bonds. The van der Waals surface area contributed by atoms with Crippen LogP contribution < -0.4 is 10.6 Å². The number of carbonyl (C=O) groups is 3. The summed E-state index contributed by atoms with van der Waals surface area (Å²) in [6, 6.07) is 19.7. The third kappa shape index (κ3) is 5.27. The highest BCUT2D eigenvalue weighted by Gasteiger charge is 2.29. The van der Waals surface area contributed by atoms with Crippen molar-refractivity contribution in [2.45, 2.75) is 18.4 Å². The number of hydrogen-bond donors (Lipinski definition) is 3. The Hall–Kier alpha value is -3.91. The van der Waals surface area contributed by atoms with Crippen LogP contribution >= 0.6 is 15.9 Å². The minimum absolute atomic E-state index is 0.0720. The van der Waals surface area contributed by atoms with Gasteiger partial charge >= 0.3 is 12.1 Å². The number of anilines is 1. The number of aliphatic carboxylic acids is 1. The van der Waals surface area contributed by atoms with Crippen LogP contribution in [0.15, 0.2) is 83.9 Å². The first-order valence-electron chi connectivity index (χ1n) is 10.9. The second kappa shape index (κ2) is 10.6. The monoisotopic (exact) mass is 534 g/mol. The van der Waals surface area contributed by atoms with E-state index in [0.717, 1.165) is 22.3 Å². The predicted octanol–water partition coefficient (Wildman–Crippen LogP) is 5.57. The van der Waals surface area contributed by atoms with E-state index in [9.17, 15) is 19.5 Å². The van der Waals surface area contributed by atoms with Crippen molar-refractivity contribution in [1.29, 1.82) is 0 Å². The van der Waals surface area contributed by atoms with Crippen LogP contribution in [-0.4, -0.2) is 35.7 Å². The Bertz CT molecular complexity index is 1260. The second-order valence-corrected chi connectivity index (χ2v) is 8.89. The molecule has 0 bridgehead atoms. The first-order chi connectivity index (χ1) is 16.9. The van der Waals surface area contributed by atoms with Gasteiger partial charge < -0.3 is 15.2 Å². The molecule has 0 heterocycles. The topological polar surface area (TPSA) is 105 Å². The molecule has 0 aliphatic heterocycles. The van der Waals surface area contributed by atoms with Crippen LogP contribution in [0.4, 0.5) is 10.5 Å². The SMILES string of the molecule is C=CCC(NC(=O)c1cc(NC(=O)OCC2c3ccccc3-c3ccccc32)ccc1Br)C(=O)O. The largest absolute Gasteiger partial charge is 0.480 e. The molecular formula is C27H23BrN2O5. The van der Waals surface area contributed by atoms with Crippen LogP contribution in [0.5, 0.6) is 0 Å². The van der Waals surface area contributed by atoms with Gasteiger partial charge in [-0.15, -0.1) is 6.58 Å². The molecule has 7 nitrogen and oxygen atoms in total. The fourth-order valence-electron chi connectivity index (χ4n) is 4.15. The Labute approximate surface area is 210 Å². The Morgan fingerprint density at radius 3 is 2.26 bits per heavy atom. The maximum Gasteiger partial charge on any atom is 0.411 e. The molecule has 178 valence electrons. The molecule has 0 spiro atoms. The molecule has 3 aromatic rings. The lowest BCUT2D eigenvalue weighted by Crippen LogP contribution is -2.40. The molecule has 1 aliphatic rings. The quantitative estimate of drug-likeness (QED) is 0.327. The zero-order valence-corrected chi connectivity index (χ0v) is 20.2. The standard InChI is InChI=1S/C27H23BrN2O5/c1-2-7-24(26(32)33)30-25(31)21-14-16(12-13-23(21)28)29-27(34)35-15-22-19-10-5-3-8-17(19)18-9-4-6-11-20(18)22/h2-6,8-14,22,24H,1,7,15H2,(H,29,34)(H,30,31)(H,32,33). The van der Waals surface area contributed by atoms with E-state index in [1.54, 1.807) is 12.1 Å². The van der Waals surface area contributed by atoms with Gasteiger partial charge in [0.2, 0.25) is 0 Å². The van der Waals surface area contributed by atoms with Crippen molar-refractivity contribution in [2.24, 2.45) is 0 Å². The number of rotatable bonds is 8. The van der Waals surface area contributed by atoms with E-state index in [1.807, 2.05) is 36.4 Å². The van der Waals surface area contributed by atoms with E-state index in [2.05, 4.69) is 45.3 Å². The lowest BCUT2D eigenvalue weighted by Gasteiger charge is -2.16. The summed E-state index contributed by atoms with van der Waals surface area (Å²) in [7, 11) is 0. The van der Waals surface area contributed by atoms with Crippen LogP contribution in [-0.2, 0) is 9.53 Å². The molecule has 8 heteroatoms. The van der Waals surface area contributed by atoms with Gasteiger partial charge in [0.15, 0.2) is 0 Å². The fourth-order valence-corrected chi connectivity index (χ4v) is 4.58. The molecular weight excluding hydrogens is 512 g/mol. The number of fused-ring (bicyclic) bond motifs is 3. The molecule has 0 saturated carbocycles. The molecule has 1 atom stereocenters. The van der Waals surface area contributed by atoms with Gasteiger partial charge in [-0.2, -0.15) is 0 Å². The average Bonchev–Trinajstić information content (AvgIpc) is 3.17. The van der Waals surface area contributed by atoms with Gasteiger partial charge in [-0.25, -0.2) is 9.59 Å². The highest BCUT2D eigenvalue weighted by Crippen LogP contribution is 2.44. The number of halogens is 1. The van der Waals surface area contributed by atoms with Crippen molar-refractivity contribution in [2.75, 3.05) is 11.9 Å². The molecule has 3 aromatic carbocycles. The van der Waals surface area contributed by atoms with Gasteiger partial charge in [0.25, 0.3) is 5.91 Å². The average molecular weight is 535 g/mol. The number of carbonyl (C=O) groups excluding carboxylic acids is 2. The summed E-state index contributed by atoms with van der Waals surface area (Å²) < 4.78 is 6.01. The molecule has 0 radical (unpaired) electrons. The number of carboxylic acid groups (broad SMARTS) is 1. The lowest BCUT2D eigenvalue weighted by molar-refractivity contribution is -0.139. The number of carboxylic acids is 1. The predicted molar refractivity (Wildman–Crippen MR) is 137 cm³/mol. The Balaban J connectivity index is 1.43. The lowest BCUT2D eigenvalue weighted by atomic mass is 9.98. The normalized spacial score (nSPS) is 12.7. The minimum Gasteiger partial charge on any atom is -0.480 e. The van der Waals surface area contributed by atoms with Crippen LogP contribution in [0.3, 0.4) is 0 Å². The first-order valence-corrected chi connectivity index (χ1v) is 11.7. The van der Waals surface area contributed by atoms with Gasteiger partial charge in [-0.3, -0.25) is 10.1 Å². The van der Waals surface area contributed by atoms with Crippen LogP contribution in [0.2, 0.25) is 0 Å². The van der Waals surface area contributed by atoms with Crippen molar-refractivity contribution in [3.05, 3.63) is 101 Å². The van der Waals surface area contributed by atoms with Crippen LogP contribution in [0, 0.1) is 0 Å². The van der Waals surface area contributed by atoms with Gasteiger partial charge in [-0.1, -0.05) is 54.6 Å². The maximum absolute atomic E-state index is 12.6. The van der Waals surface area contributed by atoms with Crippen LogP contribution in [0.1, 0.15) is 33.8 Å². The second-order valence-electron chi connectivity index (χ2n) is 8.03. The van der Waals surface area contributed by atoms with Crippen molar-refractivity contribution < 1.29 is 24.2 Å². The third-order valence-electron chi connectivity index (χ3n) is 5.81. The van der Waals surface area contributed by atoms with E-state index in [4.69, 9.17) is 4.74 Å². The zero-order chi connectivity index (χ0) is 24.9. The van der Waals surface area contributed by atoms with E-state index >= 15 is 0 Å². The summed E-state index contributed by atoms with van der Waals surface area (Å²) >= 11 is 3.30. The molecule has 0 aromatic heterocycles. The minimum atomic E-state index is -1.16. The molecule has 0 fully saturated rings. The van der Waals surface area contributed by atoms with E-state index in [-0.39, 0.29) is 24.5 Å². The van der Waals surface area contributed by atoms with Crippen LogP contribution in [0.25, 0.3) is 11.1 Å². The summed E-state index contributed by atoms with van der Waals surface area (Å²) in [5.41, 5.74) is 5.00. The maximum atomic E-state index is 12.6. The van der Waals surface area contributed by atoms with Gasteiger partial charge in [0, 0.05) is 16.1 Å². The Morgan fingerprint density at radius 1 is 1.03 bits per heavy atom. The third-order valence-corrected chi connectivity index (χ3v) is 6.50.